The first-order valence-corrected chi connectivity index (χ1v) is 7.37. The first-order chi connectivity index (χ1) is 11.4. The predicted molar refractivity (Wildman–Crippen MR) is 104 cm³/mol. The molecule has 0 saturated carbocycles. The zero-order valence-corrected chi connectivity index (χ0v) is 19.4. The molecule has 2 rings (SSSR count). The van der Waals surface area contributed by atoms with E-state index in [4.69, 9.17) is 9.59 Å². The summed E-state index contributed by atoms with van der Waals surface area (Å²) in [5.74, 6) is 0.346. The van der Waals surface area contributed by atoms with Crippen molar-refractivity contribution in [1.29, 1.82) is 0 Å². The summed E-state index contributed by atoms with van der Waals surface area (Å²) in [6, 6.07) is 18.1. The number of benzene rings is 2. The minimum atomic E-state index is 0. The topological polar surface area (TPSA) is 85.6 Å². The van der Waals surface area contributed by atoms with Crippen molar-refractivity contribution in [2.24, 2.45) is 0 Å². The number of carbonyl (C=O) groups excluding carboxylic acids is 4. The van der Waals surface area contributed by atoms with Gasteiger partial charge in [-0.3, -0.25) is 9.59 Å². The zero-order valence-electron chi connectivity index (χ0n) is 15.1. The van der Waals surface area contributed by atoms with Crippen molar-refractivity contribution < 1.29 is 70.2 Å². The third-order valence-corrected chi connectivity index (χ3v) is 2.83. The van der Waals surface area contributed by atoms with Crippen LogP contribution in [-0.4, -0.2) is 42.3 Å². The van der Waals surface area contributed by atoms with Crippen LogP contribution in [0.2, 0.25) is 0 Å². The van der Waals surface area contributed by atoms with Crippen molar-refractivity contribution in [2.75, 3.05) is 0 Å². The molecule has 0 spiro atoms. The Morgan fingerprint density at radius 3 is 1.07 bits per heavy atom. The van der Waals surface area contributed by atoms with E-state index >= 15 is 0 Å². The van der Waals surface area contributed by atoms with Gasteiger partial charge >= 0.3 is 23.1 Å². The summed E-state index contributed by atoms with van der Waals surface area (Å²) in [6.07, 6.45) is 2.63. The van der Waals surface area contributed by atoms with Crippen LogP contribution in [-0.2, 0) is 26.2 Å². The van der Waals surface area contributed by atoms with Crippen LogP contribution in [0.3, 0.4) is 0 Å². The summed E-state index contributed by atoms with van der Waals surface area (Å²) >= 11 is 0. The molecule has 0 saturated heterocycles. The molecule has 4 nitrogen and oxygen atoms in total. The molecule has 27 heavy (non-hydrogen) atoms. The van der Waals surface area contributed by atoms with Gasteiger partial charge in [-0.1, -0.05) is 12.1 Å². The Morgan fingerprint density at radius 2 is 0.852 bits per heavy atom. The van der Waals surface area contributed by atoms with E-state index in [1.807, 2.05) is 36.4 Å². The molecule has 0 fully saturated rings. The molecule has 0 aromatic heterocycles. The first-order valence-electron chi connectivity index (χ1n) is 7.37. The molecular weight excluding hydrogens is 466 g/mol. The molecule has 0 radical (unpaired) electrons. The van der Waals surface area contributed by atoms with Gasteiger partial charge in [-0.25, -0.2) is 9.59 Å². The van der Waals surface area contributed by atoms with E-state index in [1.165, 1.54) is 26.7 Å². The zero-order chi connectivity index (χ0) is 17.9. The number of rotatable bonds is 6. The van der Waals surface area contributed by atoms with Crippen molar-refractivity contribution in [1.82, 2.24) is 0 Å². The second-order valence-electron chi connectivity index (χ2n) is 5.07. The quantitative estimate of drug-likeness (QED) is 0.254. The van der Waals surface area contributed by atoms with Gasteiger partial charge in [-0.15, -0.1) is 0 Å². The average Bonchev–Trinajstić information content (AvgIpc) is 2.56. The Balaban J connectivity index is -0.000000384. The summed E-state index contributed by atoms with van der Waals surface area (Å²) in [6.45, 7) is 3.03. The minimum Gasteiger partial charge on any atom is -0.259 e. The van der Waals surface area contributed by atoms with E-state index in [-0.39, 0.29) is 74.2 Å². The third kappa shape index (κ3) is 13.2. The SMILES string of the molecule is CC(=[OH+])[CH+]C(=[OH+])c1ccccc1.CC(=[OH+])[CH+]C(=[OH+])c1ccccc1.[ClH2+].[ClH2+].[Zr]. The van der Waals surface area contributed by atoms with Crippen LogP contribution in [0.4, 0.5) is 0 Å². The molecule has 0 aliphatic carbocycles. The Labute approximate surface area is 191 Å². The molecule has 140 valence electrons. The van der Waals surface area contributed by atoms with E-state index in [0.717, 1.165) is 0 Å². The molecule has 0 bridgehead atoms. The van der Waals surface area contributed by atoms with Gasteiger partial charge in [0.1, 0.15) is 0 Å². The Hall–Kier alpha value is -1.68. The van der Waals surface area contributed by atoms with Crippen molar-refractivity contribution in [3.8, 4) is 0 Å². The van der Waals surface area contributed by atoms with Gasteiger partial charge in [0.15, 0.2) is 0 Å². The van der Waals surface area contributed by atoms with Crippen molar-refractivity contribution in [3.63, 3.8) is 0 Å². The Bertz CT molecular complexity index is 656. The second-order valence-corrected chi connectivity index (χ2v) is 5.07. The fraction of sp³-hybridized carbons (Fsp3) is 0.100. The van der Waals surface area contributed by atoms with Crippen LogP contribution in [0.15, 0.2) is 60.7 Å². The first kappa shape index (κ1) is 30.1. The van der Waals surface area contributed by atoms with Crippen LogP contribution < -0.4 is 0 Å². The Kier molecular flexibility index (Phi) is 18.4. The minimum absolute atomic E-state index is 0. The summed E-state index contributed by atoms with van der Waals surface area (Å²) in [4.78, 5) is 36.5. The van der Waals surface area contributed by atoms with Crippen molar-refractivity contribution >= 4 is 23.1 Å². The van der Waals surface area contributed by atoms with Crippen LogP contribution in [0.5, 0.6) is 0 Å². The summed E-state index contributed by atoms with van der Waals surface area (Å²) in [5.41, 5.74) is 1.40. The maximum Gasteiger partial charge on any atom is 0.512 e. The maximum absolute atomic E-state index is 9.37. The summed E-state index contributed by atoms with van der Waals surface area (Å²) in [7, 11) is 0. The molecule has 4 N–H and O–H groups in total. The Morgan fingerprint density at radius 1 is 0.593 bits per heavy atom. The van der Waals surface area contributed by atoms with E-state index in [0.29, 0.717) is 11.1 Å². The molecule has 0 aliphatic rings. The molecule has 7 heteroatoms. The van der Waals surface area contributed by atoms with Crippen LogP contribution in [0.1, 0.15) is 25.0 Å². The molecule has 0 aliphatic heterocycles. The van der Waals surface area contributed by atoms with Gasteiger partial charge in [0.05, 0.1) is 38.7 Å². The number of hydrogen-bond acceptors (Lipinski definition) is 0. The summed E-state index contributed by atoms with van der Waals surface area (Å²) in [5, 5.41) is 0. The van der Waals surface area contributed by atoms with Crippen molar-refractivity contribution in [3.05, 3.63) is 84.6 Å². The average molecular weight is 493 g/mol. The third-order valence-electron chi connectivity index (χ3n) is 2.83. The number of hydrogen-bond donors (Lipinski definition) is 0. The molecule has 0 amide bonds. The predicted octanol–water partition coefficient (Wildman–Crippen LogP) is 1.62. The number of ketones is 4. The molecule has 2 aromatic rings. The molecule has 0 heterocycles. The van der Waals surface area contributed by atoms with Crippen molar-refractivity contribution in [2.45, 2.75) is 13.8 Å². The van der Waals surface area contributed by atoms with Gasteiger partial charge in [0.2, 0.25) is 11.1 Å². The largest absolute Gasteiger partial charge is 0.512 e. The maximum atomic E-state index is 9.37. The fourth-order valence-corrected chi connectivity index (χ4v) is 1.78. The fourth-order valence-electron chi connectivity index (χ4n) is 1.78. The molecule has 2 aromatic carbocycles. The standard InChI is InChI=1S/2C10H9O2.2ClH2.Zr/c2*1-8(11)7-10(12)9-5-3-2-4-6-9;;;/h2*2-7H,1H3;2*1H2;/q4*+1;/p+4. The molecular formula is C20H26Cl2O4Zr+8. The van der Waals surface area contributed by atoms with Gasteiger partial charge in [-0.2, -0.15) is 0 Å². The van der Waals surface area contributed by atoms with Gasteiger partial charge < -0.3 is 0 Å². The van der Waals surface area contributed by atoms with E-state index < -0.39 is 0 Å². The normalized spacial score (nSPS) is 8.07. The van der Waals surface area contributed by atoms with Gasteiger partial charge in [0, 0.05) is 50.5 Å². The van der Waals surface area contributed by atoms with E-state index in [1.54, 1.807) is 24.3 Å². The molecule has 0 atom stereocenters. The summed E-state index contributed by atoms with van der Waals surface area (Å²) < 4.78 is 0. The van der Waals surface area contributed by atoms with Crippen LogP contribution in [0, 0.1) is 37.7 Å². The van der Waals surface area contributed by atoms with E-state index in [9.17, 15) is 9.59 Å². The number of halogens is 2. The monoisotopic (exact) mass is 490 g/mol. The molecule has 0 unspecified atom stereocenters. The van der Waals surface area contributed by atoms with Gasteiger partial charge in [0.25, 0.3) is 12.8 Å². The second kappa shape index (κ2) is 16.5. The van der Waals surface area contributed by atoms with E-state index in [2.05, 4.69) is 0 Å². The smallest absolute Gasteiger partial charge is 0.259 e. The van der Waals surface area contributed by atoms with Crippen LogP contribution in [0.25, 0.3) is 0 Å². The van der Waals surface area contributed by atoms with Gasteiger partial charge in [-0.05, 0) is 24.3 Å². The van der Waals surface area contributed by atoms with Crippen LogP contribution >= 0.6 is 0 Å².